The standard InChI is InChI=1S/C21H20ClN3O3/c1-28-18-8-4-16(5-9-18)19-13-21(27)25(14-24-19)11-10-23-20(26)12-15-2-6-17(22)7-3-15/h2-9,13-14H,10-12H2,1H3,(H,23,26). The number of ether oxygens (including phenoxy) is 1. The summed E-state index contributed by atoms with van der Waals surface area (Å²) in [6.45, 7) is 0.691. The molecule has 0 aliphatic rings. The van der Waals surface area contributed by atoms with Crippen molar-refractivity contribution in [2.24, 2.45) is 0 Å². The highest BCUT2D eigenvalue weighted by molar-refractivity contribution is 6.30. The number of hydrogen-bond acceptors (Lipinski definition) is 4. The molecule has 0 saturated carbocycles. The first-order chi connectivity index (χ1) is 13.5. The third-order valence-electron chi connectivity index (χ3n) is 4.22. The van der Waals surface area contributed by atoms with Gasteiger partial charge in [0.05, 0.1) is 25.6 Å². The molecule has 0 unspecified atom stereocenters. The number of carbonyl (C=O) groups is 1. The minimum absolute atomic E-state index is 0.113. The number of methoxy groups -OCH3 is 1. The number of aromatic nitrogens is 2. The van der Waals surface area contributed by atoms with Crippen molar-refractivity contribution in [2.75, 3.05) is 13.7 Å². The quantitative estimate of drug-likeness (QED) is 0.665. The fourth-order valence-electron chi connectivity index (χ4n) is 2.68. The molecule has 2 aromatic carbocycles. The lowest BCUT2D eigenvalue weighted by atomic mass is 10.1. The molecule has 1 aromatic heterocycles. The smallest absolute Gasteiger partial charge is 0.253 e. The van der Waals surface area contributed by atoms with E-state index in [0.29, 0.717) is 23.8 Å². The molecule has 0 aliphatic carbocycles. The van der Waals surface area contributed by atoms with Crippen LogP contribution < -0.4 is 15.6 Å². The molecule has 0 spiro atoms. The van der Waals surface area contributed by atoms with Crippen molar-refractivity contribution in [2.45, 2.75) is 13.0 Å². The van der Waals surface area contributed by atoms with Crippen LogP contribution in [-0.4, -0.2) is 29.1 Å². The van der Waals surface area contributed by atoms with Crippen LogP contribution in [0.4, 0.5) is 0 Å². The third-order valence-corrected chi connectivity index (χ3v) is 4.47. The third kappa shape index (κ3) is 5.20. The van der Waals surface area contributed by atoms with Crippen LogP contribution in [0.5, 0.6) is 5.75 Å². The topological polar surface area (TPSA) is 73.2 Å². The van der Waals surface area contributed by atoms with Crippen molar-refractivity contribution in [3.63, 3.8) is 0 Å². The second kappa shape index (κ2) is 9.19. The molecular formula is C21H20ClN3O3. The second-order valence-electron chi connectivity index (χ2n) is 6.19. The Labute approximate surface area is 167 Å². The Morgan fingerprint density at radius 3 is 2.50 bits per heavy atom. The molecule has 7 heteroatoms. The van der Waals surface area contributed by atoms with Gasteiger partial charge in [0.1, 0.15) is 5.75 Å². The number of rotatable bonds is 7. The maximum atomic E-state index is 12.3. The highest BCUT2D eigenvalue weighted by atomic mass is 35.5. The van der Waals surface area contributed by atoms with Gasteiger partial charge in [-0.15, -0.1) is 0 Å². The normalized spacial score (nSPS) is 10.5. The largest absolute Gasteiger partial charge is 0.497 e. The molecule has 0 radical (unpaired) electrons. The second-order valence-corrected chi connectivity index (χ2v) is 6.62. The molecule has 6 nitrogen and oxygen atoms in total. The Balaban J connectivity index is 1.55. The van der Waals surface area contributed by atoms with Crippen LogP contribution in [0.3, 0.4) is 0 Å². The molecule has 1 amide bonds. The predicted molar refractivity (Wildman–Crippen MR) is 109 cm³/mol. The summed E-state index contributed by atoms with van der Waals surface area (Å²) in [5.41, 5.74) is 2.13. The van der Waals surface area contributed by atoms with Crippen molar-refractivity contribution in [3.8, 4) is 17.0 Å². The van der Waals surface area contributed by atoms with Crippen LogP contribution >= 0.6 is 11.6 Å². The highest BCUT2D eigenvalue weighted by Gasteiger charge is 2.06. The Morgan fingerprint density at radius 2 is 1.86 bits per heavy atom. The summed E-state index contributed by atoms with van der Waals surface area (Å²) in [6.07, 6.45) is 1.76. The van der Waals surface area contributed by atoms with E-state index >= 15 is 0 Å². The molecule has 3 rings (SSSR count). The molecule has 0 fully saturated rings. The summed E-state index contributed by atoms with van der Waals surface area (Å²) in [5.74, 6) is 0.629. The number of hydrogen-bond donors (Lipinski definition) is 1. The maximum absolute atomic E-state index is 12.3. The van der Waals surface area contributed by atoms with E-state index in [9.17, 15) is 9.59 Å². The molecule has 1 heterocycles. The SMILES string of the molecule is COc1ccc(-c2cc(=O)n(CCNC(=O)Cc3ccc(Cl)cc3)cn2)cc1. The van der Waals surface area contributed by atoms with Gasteiger partial charge in [0.25, 0.3) is 5.56 Å². The van der Waals surface area contributed by atoms with Crippen LogP contribution in [0.2, 0.25) is 5.02 Å². The van der Waals surface area contributed by atoms with Gasteiger partial charge >= 0.3 is 0 Å². The Hall–Kier alpha value is -3.12. The first kappa shape index (κ1) is 19.6. The highest BCUT2D eigenvalue weighted by Crippen LogP contribution is 2.19. The van der Waals surface area contributed by atoms with Gasteiger partial charge in [-0.25, -0.2) is 4.98 Å². The molecule has 1 N–H and O–H groups in total. The van der Waals surface area contributed by atoms with Crippen LogP contribution in [-0.2, 0) is 17.8 Å². The molecule has 0 atom stereocenters. The zero-order valence-electron chi connectivity index (χ0n) is 15.4. The van der Waals surface area contributed by atoms with E-state index in [2.05, 4.69) is 10.3 Å². The van der Waals surface area contributed by atoms with Gasteiger partial charge in [0.15, 0.2) is 0 Å². The lowest BCUT2D eigenvalue weighted by molar-refractivity contribution is -0.120. The predicted octanol–water partition coefficient (Wildman–Crippen LogP) is 2.93. The van der Waals surface area contributed by atoms with Crippen molar-refractivity contribution < 1.29 is 9.53 Å². The van der Waals surface area contributed by atoms with E-state index in [1.807, 2.05) is 36.4 Å². The minimum atomic E-state index is -0.173. The van der Waals surface area contributed by atoms with Gasteiger partial charge in [-0.3, -0.25) is 14.2 Å². The lowest BCUT2D eigenvalue weighted by Crippen LogP contribution is -2.31. The Morgan fingerprint density at radius 1 is 1.14 bits per heavy atom. The Kier molecular flexibility index (Phi) is 6.45. The number of nitrogens with zero attached hydrogens (tertiary/aromatic N) is 2. The first-order valence-corrected chi connectivity index (χ1v) is 9.15. The van der Waals surface area contributed by atoms with Crippen LogP contribution in [0.25, 0.3) is 11.3 Å². The number of amides is 1. The van der Waals surface area contributed by atoms with Gasteiger partial charge < -0.3 is 10.1 Å². The van der Waals surface area contributed by atoms with Gasteiger partial charge in [-0.05, 0) is 42.0 Å². The van der Waals surface area contributed by atoms with E-state index in [1.165, 1.54) is 17.0 Å². The fraction of sp³-hybridized carbons (Fsp3) is 0.190. The van der Waals surface area contributed by atoms with Crippen molar-refractivity contribution in [1.29, 1.82) is 0 Å². The van der Waals surface area contributed by atoms with Gasteiger partial charge in [0, 0.05) is 29.7 Å². The van der Waals surface area contributed by atoms with Crippen molar-refractivity contribution in [3.05, 3.63) is 81.9 Å². The number of halogens is 1. The van der Waals surface area contributed by atoms with Crippen LogP contribution in [0.15, 0.2) is 65.7 Å². The summed E-state index contributed by atoms with van der Waals surface area (Å²) >= 11 is 5.83. The monoisotopic (exact) mass is 397 g/mol. The molecular weight excluding hydrogens is 378 g/mol. The summed E-state index contributed by atoms with van der Waals surface area (Å²) in [6, 6.07) is 15.9. The fourth-order valence-corrected chi connectivity index (χ4v) is 2.81. The summed E-state index contributed by atoms with van der Waals surface area (Å²) in [5, 5.41) is 3.44. The first-order valence-electron chi connectivity index (χ1n) is 8.77. The number of benzene rings is 2. The average molecular weight is 398 g/mol. The number of nitrogens with one attached hydrogen (secondary N) is 1. The molecule has 0 saturated heterocycles. The van der Waals surface area contributed by atoms with E-state index in [0.717, 1.165) is 16.9 Å². The molecule has 0 bridgehead atoms. The lowest BCUT2D eigenvalue weighted by Gasteiger charge is -2.09. The zero-order valence-corrected chi connectivity index (χ0v) is 16.1. The zero-order chi connectivity index (χ0) is 19.9. The van der Waals surface area contributed by atoms with E-state index < -0.39 is 0 Å². The van der Waals surface area contributed by atoms with E-state index in [1.54, 1.807) is 19.2 Å². The van der Waals surface area contributed by atoms with Gasteiger partial charge in [0.2, 0.25) is 5.91 Å². The van der Waals surface area contributed by atoms with Gasteiger partial charge in [-0.1, -0.05) is 23.7 Å². The van der Waals surface area contributed by atoms with Gasteiger partial charge in [-0.2, -0.15) is 0 Å². The molecule has 28 heavy (non-hydrogen) atoms. The van der Waals surface area contributed by atoms with Crippen molar-refractivity contribution >= 4 is 17.5 Å². The summed E-state index contributed by atoms with van der Waals surface area (Å²) < 4.78 is 6.60. The summed E-state index contributed by atoms with van der Waals surface area (Å²) in [7, 11) is 1.60. The summed E-state index contributed by atoms with van der Waals surface area (Å²) in [4.78, 5) is 28.7. The average Bonchev–Trinajstić information content (AvgIpc) is 2.71. The van der Waals surface area contributed by atoms with Crippen LogP contribution in [0, 0.1) is 0 Å². The molecule has 0 aliphatic heterocycles. The minimum Gasteiger partial charge on any atom is -0.497 e. The maximum Gasteiger partial charge on any atom is 0.253 e. The molecule has 144 valence electrons. The molecule has 3 aromatic rings. The van der Waals surface area contributed by atoms with Crippen LogP contribution in [0.1, 0.15) is 5.56 Å². The Bertz CT molecular complexity index is 999. The number of carbonyl (C=O) groups excluding carboxylic acids is 1. The van der Waals surface area contributed by atoms with E-state index in [4.69, 9.17) is 16.3 Å². The van der Waals surface area contributed by atoms with E-state index in [-0.39, 0.29) is 17.9 Å². The van der Waals surface area contributed by atoms with Crippen molar-refractivity contribution in [1.82, 2.24) is 14.9 Å².